The molecule has 7 N–H and O–H groups in total. The van der Waals surface area contributed by atoms with Crippen LogP contribution in [-0.2, 0) is 0 Å². The average Bonchev–Trinajstić information content (AvgIpc) is 2.24. The molecule has 11 heteroatoms. The van der Waals surface area contributed by atoms with Gasteiger partial charge in [0.1, 0.15) is 21.9 Å². The van der Waals surface area contributed by atoms with Gasteiger partial charge < -0.3 is 17.2 Å². The summed E-state index contributed by atoms with van der Waals surface area (Å²) in [5.74, 6) is 0.359. The van der Waals surface area contributed by atoms with E-state index in [1.165, 1.54) is 12.1 Å². The van der Waals surface area contributed by atoms with Crippen molar-refractivity contribution in [1.82, 2.24) is 19.9 Å². The number of hydrogen-bond donors (Lipinski definition) is 4. The highest BCUT2D eigenvalue weighted by Gasteiger charge is 2.04. The van der Waals surface area contributed by atoms with Gasteiger partial charge >= 0.3 is 0 Å². The zero-order valence-corrected chi connectivity index (χ0v) is 11.4. The molecule has 104 valence electrons. The number of nitrogens with one attached hydrogen (secondary N) is 1. The molecule has 2 heterocycles. The van der Waals surface area contributed by atoms with Gasteiger partial charge in [0.05, 0.1) is 0 Å². The number of halogens is 2. The van der Waals surface area contributed by atoms with Crippen LogP contribution in [0.5, 0.6) is 0 Å². The number of hydrogen-bond acceptors (Lipinski definition) is 7. The summed E-state index contributed by atoms with van der Waals surface area (Å²) in [6.07, 6.45) is 0. The van der Waals surface area contributed by atoms with Crippen LogP contribution in [0.25, 0.3) is 0 Å². The number of nitrogen functional groups attached to an aromatic ring is 2. The van der Waals surface area contributed by atoms with Crippen molar-refractivity contribution >= 4 is 52.7 Å². The average molecular weight is 314 g/mol. The van der Waals surface area contributed by atoms with Gasteiger partial charge in [0, 0.05) is 12.1 Å². The Morgan fingerprint density at radius 2 is 1.60 bits per heavy atom. The van der Waals surface area contributed by atoms with Crippen molar-refractivity contribution in [2.75, 3.05) is 16.8 Å². The summed E-state index contributed by atoms with van der Waals surface area (Å²) in [6, 6.07) is 2.77. The van der Waals surface area contributed by atoms with Crippen LogP contribution in [0.4, 0.5) is 23.5 Å². The van der Waals surface area contributed by atoms with Crippen LogP contribution >= 0.6 is 23.2 Å². The Morgan fingerprint density at radius 1 is 1.00 bits per heavy atom. The highest BCUT2D eigenvalue weighted by Crippen LogP contribution is 2.14. The van der Waals surface area contributed by atoms with E-state index in [-0.39, 0.29) is 39.8 Å². The highest BCUT2D eigenvalue weighted by atomic mass is 35.5. The Bertz CT molecular complexity index is 632. The van der Waals surface area contributed by atoms with E-state index in [0.717, 1.165) is 0 Å². The topological polar surface area (TPSA) is 154 Å². The SMILES string of the molecule is N/C(=N\c1nc(N)cc(Cl)n1)Nc1nc(N)cc(Cl)n1. The second-order valence-electron chi connectivity index (χ2n) is 3.48. The Kier molecular flexibility index (Phi) is 4.01. The van der Waals surface area contributed by atoms with Gasteiger partial charge in [-0.2, -0.15) is 19.9 Å². The van der Waals surface area contributed by atoms with Crippen molar-refractivity contribution in [1.29, 1.82) is 0 Å². The highest BCUT2D eigenvalue weighted by molar-refractivity contribution is 6.30. The number of anilines is 3. The minimum absolute atomic E-state index is 0.00463. The van der Waals surface area contributed by atoms with E-state index in [1.54, 1.807) is 0 Å². The first-order valence-corrected chi connectivity index (χ1v) is 5.89. The van der Waals surface area contributed by atoms with E-state index in [2.05, 4.69) is 30.2 Å². The third-order valence-corrected chi connectivity index (χ3v) is 2.27. The molecule has 20 heavy (non-hydrogen) atoms. The fourth-order valence-corrected chi connectivity index (χ4v) is 1.59. The van der Waals surface area contributed by atoms with Gasteiger partial charge in [-0.3, -0.25) is 5.32 Å². The molecule has 2 rings (SSSR count). The van der Waals surface area contributed by atoms with Gasteiger partial charge in [0.15, 0.2) is 0 Å². The zero-order chi connectivity index (χ0) is 14.7. The molecule has 0 amide bonds. The van der Waals surface area contributed by atoms with Crippen molar-refractivity contribution in [2.24, 2.45) is 10.7 Å². The molecule has 0 aromatic carbocycles. The molecule has 0 bridgehead atoms. The van der Waals surface area contributed by atoms with E-state index in [0.29, 0.717) is 0 Å². The number of rotatable bonds is 2. The Morgan fingerprint density at radius 3 is 2.20 bits per heavy atom. The Hall–Kier alpha value is -2.39. The first-order chi connectivity index (χ1) is 9.42. The maximum Gasteiger partial charge on any atom is 0.255 e. The third kappa shape index (κ3) is 3.80. The van der Waals surface area contributed by atoms with Crippen molar-refractivity contribution in [3.63, 3.8) is 0 Å². The number of aromatic nitrogens is 4. The van der Waals surface area contributed by atoms with Crippen molar-refractivity contribution in [3.05, 3.63) is 22.4 Å². The predicted molar refractivity (Wildman–Crippen MR) is 77.8 cm³/mol. The number of guanidine groups is 1. The van der Waals surface area contributed by atoms with Gasteiger partial charge in [-0.05, 0) is 0 Å². The fourth-order valence-electron chi connectivity index (χ4n) is 1.21. The molecule has 0 saturated carbocycles. The minimum Gasteiger partial charge on any atom is -0.383 e. The molecule has 2 aromatic heterocycles. The molecule has 0 spiro atoms. The molecule has 0 radical (unpaired) electrons. The van der Waals surface area contributed by atoms with Crippen LogP contribution in [0.1, 0.15) is 0 Å². The van der Waals surface area contributed by atoms with Gasteiger partial charge in [0.25, 0.3) is 5.95 Å². The summed E-state index contributed by atoms with van der Waals surface area (Å²) in [4.78, 5) is 19.3. The summed E-state index contributed by atoms with van der Waals surface area (Å²) in [6.45, 7) is 0. The summed E-state index contributed by atoms with van der Waals surface area (Å²) >= 11 is 11.4. The molecule has 9 nitrogen and oxygen atoms in total. The van der Waals surface area contributed by atoms with Crippen LogP contribution in [0.3, 0.4) is 0 Å². The van der Waals surface area contributed by atoms with Crippen LogP contribution < -0.4 is 22.5 Å². The minimum atomic E-state index is -0.0756. The van der Waals surface area contributed by atoms with Crippen LogP contribution in [0.15, 0.2) is 17.1 Å². The molecule has 0 unspecified atom stereocenters. The van der Waals surface area contributed by atoms with E-state index >= 15 is 0 Å². The monoisotopic (exact) mass is 313 g/mol. The molecule has 0 fully saturated rings. The van der Waals surface area contributed by atoms with Crippen molar-refractivity contribution in [3.8, 4) is 0 Å². The third-order valence-electron chi connectivity index (χ3n) is 1.88. The van der Waals surface area contributed by atoms with E-state index in [9.17, 15) is 0 Å². The molecule has 0 atom stereocenters. The Labute approximate surface area is 123 Å². The van der Waals surface area contributed by atoms with Crippen LogP contribution in [0, 0.1) is 0 Å². The molecule has 0 aliphatic rings. The van der Waals surface area contributed by atoms with Gasteiger partial charge in [-0.25, -0.2) is 4.98 Å². The molecule has 0 aliphatic carbocycles. The van der Waals surface area contributed by atoms with Crippen molar-refractivity contribution in [2.45, 2.75) is 0 Å². The summed E-state index contributed by atoms with van der Waals surface area (Å²) in [7, 11) is 0. The van der Waals surface area contributed by atoms with Gasteiger partial charge in [-0.15, -0.1) is 0 Å². The van der Waals surface area contributed by atoms with E-state index in [4.69, 9.17) is 40.4 Å². The smallest absolute Gasteiger partial charge is 0.255 e. The van der Waals surface area contributed by atoms with Crippen LogP contribution in [-0.4, -0.2) is 25.9 Å². The fraction of sp³-hybridized carbons (Fsp3) is 0. The normalized spacial score (nSPS) is 11.4. The second-order valence-corrected chi connectivity index (χ2v) is 4.25. The second kappa shape index (κ2) is 5.72. The maximum atomic E-state index is 5.72. The Balaban J connectivity index is 2.22. The number of nitrogens with two attached hydrogens (primary N) is 3. The summed E-state index contributed by atoms with van der Waals surface area (Å²) in [5.41, 5.74) is 16.7. The van der Waals surface area contributed by atoms with Crippen LogP contribution in [0.2, 0.25) is 10.3 Å². The molecular formula is C9H9Cl2N9. The summed E-state index contributed by atoms with van der Waals surface area (Å²) in [5, 5.41) is 2.90. The predicted octanol–water partition coefficient (Wildman–Crippen LogP) is 0.796. The number of aliphatic imine (C=N–C) groups is 1. The molecule has 0 aliphatic heterocycles. The largest absolute Gasteiger partial charge is 0.383 e. The quantitative estimate of drug-likeness (QED) is 0.360. The zero-order valence-electron chi connectivity index (χ0n) is 9.88. The van der Waals surface area contributed by atoms with Gasteiger partial charge in [-0.1, -0.05) is 23.2 Å². The first-order valence-electron chi connectivity index (χ1n) is 5.13. The molecule has 2 aromatic rings. The first kappa shape index (κ1) is 14.0. The van der Waals surface area contributed by atoms with E-state index < -0.39 is 0 Å². The van der Waals surface area contributed by atoms with E-state index in [1.807, 2.05) is 0 Å². The number of nitrogens with zero attached hydrogens (tertiary/aromatic N) is 5. The van der Waals surface area contributed by atoms with Gasteiger partial charge in [0.2, 0.25) is 11.9 Å². The van der Waals surface area contributed by atoms with Crippen molar-refractivity contribution < 1.29 is 0 Å². The lowest BCUT2D eigenvalue weighted by Gasteiger charge is -2.04. The lowest BCUT2D eigenvalue weighted by atomic mass is 10.6. The maximum absolute atomic E-state index is 5.72. The molecular weight excluding hydrogens is 305 g/mol. The summed E-state index contributed by atoms with van der Waals surface area (Å²) < 4.78 is 0. The lowest BCUT2D eigenvalue weighted by Crippen LogP contribution is -2.23. The lowest BCUT2D eigenvalue weighted by molar-refractivity contribution is 1.13. The standard InChI is InChI=1S/C9H9Cl2N9/c10-3-1-5(12)17-8(15-3)19-7(14)20-9-16-4(11)2-6(13)18-9/h1-2H,(H7,12,13,14,15,16,17,18,19,20). The molecule has 0 saturated heterocycles.